The molecule has 0 spiro atoms. The van der Waals surface area contributed by atoms with Crippen molar-refractivity contribution in [1.82, 2.24) is 0 Å². The van der Waals surface area contributed by atoms with Crippen LogP contribution in [0.5, 0.6) is 5.75 Å². The van der Waals surface area contributed by atoms with E-state index in [1.165, 1.54) is 20.1 Å². The fourth-order valence-corrected chi connectivity index (χ4v) is 3.45. The summed E-state index contributed by atoms with van der Waals surface area (Å²) in [5.74, 6) is 0.173. The van der Waals surface area contributed by atoms with Gasteiger partial charge in [0.05, 0.1) is 23.4 Å². The van der Waals surface area contributed by atoms with Crippen LogP contribution in [0.2, 0.25) is 0 Å². The van der Waals surface area contributed by atoms with Gasteiger partial charge in [0.15, 0.2) is 0 Å². The van der Waals surface area contributed by atoms with Crippen LogP contribution in [0.15, 0.2) is 47.4 Å². The summed E-state index contributed by atoms with van der Waals surface area (Å²) in [6.07, 6.45) is 1.91. The SMILES string of the molecule is CCCc1ccc(S(=O)(=O)Nc2ccc(OC)c(NC(C)=O)c2)cc1. The fourth-order valence-electron chi connectivity index (χ4n) is 2.40. The molecule has 0 unspecified atom stereocenters. The molecule has 25 heavy (non-hydrogen) atoms. The third-order valence-corrected chi connectivity index (χ3v) is 4.93. The lowest BCUT2D eigenvalue weighted by molar-refractivity contribution is -0.114. The Morgan fingerprint density at radius 1 is 1.12 bits per heavy atom. The van der Waals surface area contributed by atoms with Gasteiger partial charge in [-0.2, -0.15) is 0 Å². The van der Waals surface area contributed by atoms with Gasteiger partial charge in [-0.3, -0.25) is 9.52 Å². The number of nitrogens with one attached hydrogen (secondary N) is 2. The topological polar surface area (TPSA) is 84.5 Å². The summed E-state index contributed by atoms with van der Waals surface area (Å²) in [6.45, 7) is 3.44. The Labute approximate surface area is 148 Å². The van der Waals surface area contributed by atoms with Gasteiger partial charge in [0.1, 0.15) is 5.75 Å². The highest BCUT2D eigenvalue weighted by molar-refractivity contribution is 7.92. The van der Waals surface area contributed by atoms with Crippen molar-refractivity contribution in [1.29, 1.82) is 0 Å². The van der Waals surface area contributed by atoms with E-state index >= 15 is 0 Å². The van der Waals surface area contributed by atoms with Gasteiger partial charge in [0.2, 0.25) is 5.91 Å². The minimum Gasteiger partial charge on any atom is -0.495 e. The highest BCUT2D eigenvalue weighted by Gasteiger charge is 2.15. The third-order valence-electron chi connectivity index (χ3n) is 3.53. The molecule has 6 nitrogen and oxygen atoms in total. The number of anilines is 2. The molecule has 0 radical (unpaired) electrons. The van der Waals surface area contributed by atoms with Gasteiger partial charge in [0, 0.05) is 6.92 Å². The second-order valence-electron chi connectivity index (χ2n) is 5.60. The van der Waals surface area contributed by atoms with E-state index in [1.54, 1.807) is 24.3 Å². The van der Waals surface area contributed by atoms with E-state index < -0.39 is 10.0 Å². The Hall–Kier alpha value is -2.54. The van der Waals surface area contributed by atoms with Crippen molar-refractivity contribution < 1.29 is 17.9 Å². The van der Waals surface area contributed by atoms with Gasteiger partial charge >= 0.3 is 0 Å². The number of carbonyl (C=O) groups excluding carboxylic acids is 1. The minimum absolute atomic E-state index is 0.184. The van der Waals surface area contributed by atoms with Gasteiger partial charge in [-0.25, -0.2) is 8.42 Å². The first-order valence-corrected chi connectivity index (χ1v) is 9.41. The number of rotatable bonds is 7. The second kappa shape index (κ2) is 8.02. The maximum absolute atomic E-state index is 12.5. The molecule has 0 aliphatic carbocycles. The smallest absolute Gasteiger partial charge is 0.261 e. The molecule has 7 heteroatoms. The van der Waals surface area contributed by atoms with Crippen LogP contribution in [-0.2, 0) is 21.2 Å². The van der Waals surface area contributed by atoms with Crippen molar-refractivity contribution in [2.75, 3.05) is 17.1 Å². The Balaban J connectivity index is 2.26. The van der Waals surface area contributed by atoms with E-state index in [4.69, 9.17) is 4.74 Å². The Bertz CT molecular complexity index is 846. The van der Waals surface area contributed by atoms with Crippen LogP contribution in [0.3, 0.4) is 0 Å². The molecule has 2 aromatic rings. The van der Waals surface area contributed by atoms with Crippen LogP contribution in [0, 0.1) is 0 Å². The van der Waals surface area contributed by atoms with Crippen molar-refractivity contribution in [3.63, 3.8) is 0 Å². The van der Waals surface area contributed by atoms with Crippen LogP contribution in [0.1, 0.15) is 25.8 Å². The number of methoxy groups -OCH3 is 1. The molecule has 0 aliphatic rings. The van der Waals surface area contributed by atoms with Gasteiger partial charge in [-0.05, 0) is 42.3 Å². The second-order valence-corrected chi connectivity index (χ2v) is 7.28. The monoisotopic (exact) mass is 362 g/mol. The summed E-state index contributed by atoms with van der Waals surface area (Å²) in [6, 6.07) is 11.5. The van der Waals surface area contributed by atoms with Crippen molar-refractivity contribution in [2.24, 2.45) is 0 Å². The minimum atomic E-state index is -3.71. The van der Waals surface area contributed by atoms with E-state index in [0.29, 0.717) is 17.1 Å². The number of aryl methyl sites for hydroxylation is 1. The van der Waals surface area contributed by atoms with Gasteiger partial charge in [-0.15, -0.1) is 0 Å². The molecule has 1 amide bonds. The fraction of sp³-hybridized carbons (Fsp3) is 0.278. The molecule has 0 aromatic heterocycles. The average Bonchev–Trinajstić information content (AvgIpc) is 2.55. The van der Waals surface area contributed by atoms with Crippen molar-refractivity contribution in [2.45, 2.75) is 31.6 Å². The lowest BCUT2D eigenvalue weighted by Crippen LogP contribution is -2.14. The lowest BCUT2D eigenvalue weighted by Gasteiger charge is -2.13. The molecule has 134 valence electrons. The molecule has 0 atom stereocenters. The molecule has 0 saturated heterocycles. The molecular weight excluding hydrogens is 340 g/mol. The zero-order valence-electron chi connectivity index (χ0n) is 14.5. The van der Waals surface area contributed by atoms with Gasteiger partial charge < -0.3 is 10.1 Å². The summed E-state index contributed by atoms with van der Waals surface area (Å²) in [5, 5.41) is 2.61. The standard InChI is InChI=1S/C18H22N2O4S/c1-4-5-14-6-9-16(10-7-14)25(22,23)20-15-8-11-18(24-3)17(12-15)19-13(2)21/h6-12,20H,4-5H2,1-3H3,(H,19,21). The van der Waals surface area contributed by atoms with E-state index in [2.05, 4.69) is 17.0 Å². The summed E-state index contributed by atoms with van der Waals surface area (Å²) >= 11 is 0. The molecular formula is C18H22N2O4S. The number of ether oxygens (including phenoxy) is 1. The van der Waals surface area contributed by atoms with E-state index in [9.17, 15) is 13.2 Å². The van der Waals surface area contributed by atoms with Crippen molar-refractivity contribution in [3.8, 4) is 5.75 Å². The number of amides is 1. The first kappa shape index (κ1) is 18.8. The summed E-state index contributed by atoms with van der Waals surface area (Å²) < 4.78 is 32.7. The first-order valence-electron chi connectivity index (χ1n) is 7.93. The molecule has 0 aliphatic heterocycles. The van der Waals surface area contributed by atoms with Crippen molar-refractivity contribution in [3.05, 3.63) is 48.0 Å². The number of carbonyl (C=O) groups is 1. The molecule has 0 saturated carbocycles. The number of benzene rings is 2. The Morgan fingerprint density at radius 3 is 2.36 bits per heavy atom. The zero-order valence-corrected chi connectivity index (χ0v) is 15.3. The van der Waals surface area contributed by atoms with Crippen LogP contribution in [0.4, 0.5) is 11.4 Å². The van der Waals surface area contributed by atoms with Gasteiger partial charge in [-0.1, -0.05) is 25.5 Å². The molecule has 2 aromatic carbocycles. The Kier molecular flexibility index (Phi) is 6.03. The molecule has 0 fully saturated rings. The normalized spacial score (nSPS) is 11.0. The third kappa shape index (κ3) is 4.96. The largest absolute Gasteiger partial charge is 0.495 e. The number of hydrogen-bond acceptors (Lipinski definition) is 4. The first-order chi connectivity index (χ1) is 11.9. The maximum Gasteiger partial charge on any atom is 0.261 e. The lowest BCUT2D eigenvalue weighted by atomic mass is 10.1. The highest BCUT2D eigenvalue weighted by atomic mass is 32.2. The number of sulfonamides is 1. The number of hydrogen-bond donors (Lipinski definition) is 2. The summed E-state index contributed by atoms with van der Waals surface area (Å²) in [7, 11) is -2.24. The van der Waals surface area contributed by atoms with Crippen LogP contribution in [0.25, 0.3) is 0 Å². The van der Waals surface area contributed by atoms with E-state index in [-0.39, 0.29) is 10.8 Å². The zero-order chi connectivity index (χ0) is 18.4. The van der Waals surface area contributed by atoms with Crippen molar-refractivity contribution >= 4 is 27.3 Å². The Morgan fingerprint density at radius 2 is 1.80 bits per heavy atom. The van der Waals surface area contributed by atoms with E-state index in [0.717, 1.165) is 18.4 Å². The molecule has 2 N–H and O–H groups in total. The predicted octanol–water partition coefficient (Wildman–Crippen LogP) is 3.41. The highest BCUT2D eigenvalue weighted by Crippen LogP contribution is 2.29. The summed E-state index contributed by atoms with van der Waals surface area (Å²) in [5.41, 5.74) is 1.83. The van der Waals surface area contributed by atoms with Crippen LogP contribution < -0.4 is 14.8 Å². The van der Waals surface area contributed by atoms with Gasteiger partial charge in [0.25, 0.3) is 10.0 Å². The van der Waals surface area contributed by atoms with E-state index in [1.807, 2.05) is 12.1 Å². The quantitative estimate of drug-likeness (QED) is 0.790. The average molecular weight is 362 g/mol. The van der Waals surface area contributed by atoms with Crippen LogP contribution in [-0.4, -0.2) is 21.4 Å². The molecule has 0 bridgehead atoms. The predicted molar refractivity (Wildman–Crippen MR) is 98.5 cm³/mol. The molecule has 2 rings (SSSR count). The van der Waals surface area contributed by atoms with Crippen LogP contribution >= 0.6 is 0 Å². The molecule has 0 heterocycles. The maximum atomic E-state index is 12.5. The summed E-state index contributed by atoms with van der Waals surface area (Å²) in [4.78, 5) is 11.5.